The predicted molar refractivity (Wildman–Crippen MR) is 112 cm³/mol. The number of amides is 1. The van der Waals surface area contributed by atoms with Gasteiger partial charge in [-0.2, -0.15) is 11.3 Å². The van der Waals surface area contributed by atoms with Crippen LogP contribution in [0.3, 0.4) is 0 Å². The SMILES string of the molecule is O=C1CCc2cc(S(=O)(=O)NCc3cccnc3-c3ccsc3)cc3c2N1CC3. The average molecular weight is 426 g/mol. The van der Waals surface area contributed by atoms with Crippen LogP contribution in [0.2, 0.25) is 0 Å². The summed E-state index contributed by atoms with van der Waals surface area (Å²) in [5, 5.41) is 3.97. The Morgan fingerprint density at radius 3 is 2.76 bits per heavy atom. The Kier molecular flexibility index (Phi) is 4.49. The molecule has 148 valence electrons. The minimum atomic E-state index is -3.68. The monoisotopic (exact) mass is 425 g/mol. The van der Waals surface area contributed by atoms with Crippen LogP contribution < -0.4 is 9.62 Å². The largest absolute Gasteiger partial charge is 0.312 e. The highest BCUT2D eigenvalue weighted by Gasteiger charge is 2.32. The van der Waals surface area contributed by atoms with Crippen molar-refractivity contribution in [3.63, 3.8) is 0 Å². The number of aromatic nitrogens is 1. The highest BCUT2D eigenvalue weighted by Crippen LogP contribution is 2.38. The molecule has 2 aromatic heterocycles. The zero-order chi connectivity index (χ0) is 20.0. The molecule has 0 bridgehead atoms. The van der Waals surface area contributed by atoms with E-state index in [1.807, 2.05) is 29.0 Å². The molecule has 29 heavy (non-hydrogen) atoms. The van der Waals surface area contributed by atoms with Crippen LogP contribution in [-0.2, 0) is 34.2 Å². The Morgan fingerprint density at radius 2 is 1.97 bits per heavy atom. The highest BCUT2D eigenvalue weighted by atomic mass is 32.2. The predicted octanol–water partition coefficient (Wildman–Crippen LogP) is 3.12. The molecule has 3 aromatic rings. The molecule has 0 saturated carbocycles. The molecular formula is C21H19N3O3S2. The Balaban J connectivity index is 1.43. The number of carbonyl (C=O) groups excluding carboxylic acids is 1. The number of rotatable bonds is 5. The van der Waals surface area contributed by atoms with Gasteiger partial charge in [0.2, 0.25) is 15.9 Å². The third-order valence-corrected chi connectivity index (χ3v) is 7.54. The van der Waals surface area contributed by atoms with Gasteiger partial charge in [0.05, 0.1) is 16.3 Å². The Bertz CT molecular complexity index is 1200. The molecule has 0 radical (unpaired) electrons. The number of aryl methyl sites for hydroxylation is 1. The molecule has 0 atom stereocenters. The highest BCUT2D eigenvalue weighted by molar-refractivity contribution is 7.89. The molecule has 0 saturated heterocycles. The van der Waals surface area contributed by atoms with E-state index in [2.05, 4.69) is 9.71 Å². The minimum Gasteiger partial charge on any atom is -0.312 e. The quantitative estimate of drug-likeness (QED) is 0.681. The molecule has 8 heteroatoms. The average Bonchev–Trinajstić information content (AvgIpc) is 3.40. The topological polar surface area (TPSA) is 79.4 Å². The first-order valence-corrected chi connectivity index (χ1v) is 11.9. The van der Waals surface area contributed by atoms with E-state index < -0.39 is 10.0 Å². The van der Waals surface area contributed by atoms with Crippen molar-refractivity contribution in [2.75, 3.05) is 11.4 Å². The molecule has 1 N–H and O–H groups in total. The van der Waals surface area contributed by atoms with Crippen LogP contribution in [0.5, 0.6) is 0 Å². The fraction of sp³-hybridized carbons (Fsp3) is 0.238. The van der Waals surface area contributed by atoms with Crippen molar-refractivity contribution in [2.24, 2.45) is 0 Å². The molecular weight excluding hydrogens is 406 g/mol. The van der Waals surface area contributed by atoms with Gasteiger partial charge in [0.15, 0.2) is 0 Å². The lowest BCUT2D eigenvalue weighted by molar-refractivity contribution is -0.118. The molecule has 1 amide bonds. The van der Waals surface area contributed by atoms with Crippen LogP contribution in [0.1, 0.15) is 23.1 Å². The van der Waals surface area contributed by atoms with Crippen LogP contribution >= 0.6 is 11.3 Å². The van der Waals surface area contributed by atoms with E-state index in [1.165, 1.54) is 0 Å². The number of sulfonamides is 1. The van der Waals surface area contributed by atoms with Crippen molar-refractivity contribution >= 4 is 33.0 Å². The lowest BCUT2D eigenvalue weighted by Crippen LogP contribution is -2.33. The Hall–Kier alpha value is -2.55. The van der Waals surface area contributed by atoms with E-state index in [0.717, 1.165) is 33.6 Å². The number of anilines is 1. The second kappa shape index (κ2) is 7.05. The first-order valence-electron chi connectivity index (χ1n) is 9.45. The van der Waals surface area contributed by atoms with E-state index in [0.29, 0.717) is 25.8 Å². The summed E-state index contributed by atoms with van der Waals surface area (Å²) in [4.78, 5) is 18.6. The third-order valence-electron chi connectivity index (χ3n) is 5.47. The van der Waals surface area contributed by atoms with Gasteiger partial charge >= 0.3 is 0 Å². The van der Waals surface area contributed by atoms with Crippen molar-refractivity contribution in [2.45, 2.75) is 30.7 Å². The number of carbonyl (C=O) groups is 1. The number of pyridine rings is 1. The van der Waals surface area contributed by atoms with E-state index in [1.54, 1.807) is 34.6 Å². The number of benzene rings is 1. The smallest absolute Gasteiger partial charge is 0.240 e. The first kappa shape index (κ1) is 18.5. The van der Waals surface area contributed by atoms with Gasteiger partial charge in [-0.25, -0.2) is 13.1 Å². The summed E-state index contributed by atoms with van der Waals surface area (Å²) in [6, 6.07) is 9.10. The van der Waals surface area contributed by atoms with Gasteiger partial charge in [-0.05, 0) is 59.2 Å². The van der Waals surface area contributed by atoms with Gasteiger partial charge in [-0.1, -0.05) is 6.07 Å². The lowest BCUT2D eigenvalue weighted by atomic mass is 10.00. The fourth-order valence-electron chi connectivity index (χ4n) is 4.08. The van der Waals surface area contributed by atoms with Crippen LogP contribution in [0.4, 0.5) is 5.69 Å². The molecule has 2 aliphatic heterocycles. The molecule has 0 unspecified atom stereocenters. The minimum absolute atomic E-state index is 0.127. The summed E-state index contributed by atoms with van der Waals surface area (Å²) in [5.74, 6) is 0.127. The molecule has 0 fully saturated rings. The number of thiophene rings is 1. The summed E-state index contributed by atoms with van der Waals surface area (Å²) >= 11 is 1.58. The van der Waals surface area contributed by atoms with Crippen molar-refractivity contribution < 1.29 is 13.2 Å². The summed E-state index contributed by atoms with van der Waals surface area (Å²) in [6.45, 7) is 0.802. The summed E-state index contributed by atoms with van der Waals surface area (Å²) in [7, 11) is -3.68. The molecule has 5 rings (SSSR count). The molecule has 0 spiro atoms. The second-order valence-electron chi connectivity index (χ2n) is 7.23. The van der Waals surface area contributed by atoms with Gasteiger partial charge < -0.3 is 4.90 Å². The van der Waals surface area contributed by atoms with E-state index in [-0.39, 0.29) is 17.3 Å². The Labute approximate surface area is 173 Å². The van der Waals surface area contributed by atoms with Crippen molar-refractivity contribution in [1.82, 2.24) is 9.71 Å². The van der Waals surface area contributed by atoms with Gasteiger partial charge in [-0.3, -0.25) is 9.78 Å². The third kappa shape index (κ3) is 3.27. The zero-order valence-corrected chi connectivity index (χ0v) is 17.2. The maximum Gasteiger partial charge on any atom is 0.240 e. The van der Waals surface area contributed by atoms with Crippen LogP contribution in [-0.4, -0.2) is 25.9 Å². The summed E-state index contributed by atoms with van der Waals surface area (Å²) in [6.07, 6.45) is 3.43. The maximum absolute atomic E-state index is 13.0. The summed E-state index contributed by atoms with van der Waals surface area (Å²) < 4.78 is 28.8. The Morgan fingerprint density at radius 1 is 1.14 bits per heavy atom. The van der Waals surface area contributed by atoms with Gasteiger partial charge in [0.1, 0.15) is 0 Å². The van der Waals surface area contributed by atoms with E-state index in [9.17, 15) is 13.2 Å². The van der Waals surface area contributed by atoms with Crippen molar-refractivity contribution in [3.05, 3.63) is 64.0 Å². The normalized spacial score (nSPS) is 15.6. The maximum atomic E-state index is 13.0. The van der Waals surface area contributed by atoms with E-state index in [4.69, 9.17) is 0 Å². The molecule has 0 aliphatic carbocycles. The number of nitrogens with zero attached hydrogens (tertiary/aromatic N) is 2. The van der Waals surface area contributed by atoms with Crippen LogP contribution in [0, 0.1) is 0 Å². The second-order valence-corrected chi connectivity index (χ2v) is 9.78. The van der Waals surface area contributed by atoms with Crippen molar-refractivity contribution in [1.29, 1.82) is 0 Å². The van der Waals surface area contributed by atoms with Crippen LogP contribution in [0.25, 0.3) is 11.3 Å². The van der Waals surface area contributed by atoms with E-state index >= 15 is 0 Å². The molecule has 4 heterocycles. The van der Waals surface area contributed by atoms with Crippen molar-refractivity contribution in [3.8, 4) is 11.3 Å². The number of hydrogen-bond acceptors (Lipinski definition) is 5. The van der Waals surface area contributed by atoms with Gasteiger partial charge in [-0.15, -0.1) is 0 Å². The summed E-state index contributed by atoms with van der Waals surface area (Å²) in [5.41, 5.74) is 5.41. The standard InChI is InChI=1S/C21H19N3O3S2/c25-19-4-3-14-10-18(11-15-5-8-24(19)21(14)15)29(26,27)23-12-16-2-1-7-22-20(16)17-6-9-28-13-17/h1-2,6-7,9-11,13,23H,3-5,8,12H2. The van der Waals surface area contributed by atoms with Gasteiger partial charge in [0, 0.05) is 36.7 Å². The number of hydrogen-bond donors (Lipinski definition) is 1. The number of nitrogens with one attached hydrogen (secondary N) is 1. The molecule has 1 aromatic carbocycles. The van der Waals surface area contributed by atoms with Gasteiger partial charge in [0.25, 0.3) is 0 Å². The first-order chi connectivity index (χ1) is 14.0. The van der Waals surface area contributed by atoms with Crippen LogP contribution in [0.15, 0.2) is 52.2 Å². The fourth-order valence-corrected chi connectivity index (χ4v) is 5.83. The molecule has 2 aliphatic rings. The lowest BCUT2D eigenvalue weighted by Gasteiger charge is -2.25. The molecule has 6 nitrogen and oxygen atoms in total. The zero-order valence-electron chi connectivity index (χ0n) is 15.6.